The number of nitrogens with one attached hydrogen (secondary N) is 1. The molecule has 2 rings (SSSR count). The van der Waals surface area contributed by atoms with E-state index in [4.69, 9.17) is 9.47 Å². The molecule has 0 saturated carbocycles. The summed E-state index contributed by atoms with van der Waals surface area (Å²) in [6.07, 6.45) is 2.91. The quantitative estimate of drug-likeness (QED) is 0.222. The zero-order chi connectivity index (χ0) is 18.4. The third-order valence-electron chi connectivity index (χ3n) is 3.13. The third-order valence-corrected chi connectivity index (χ3v) is 3.72. The molecule has 8 heteroatoms. The second-order valence-corrected chi connectivity index (χ2v) is 6.33. The molecule has 0 atom stereocenters. The minimum Gasteiger partial charge on any atom is -0.419 e. The van der Waals surface area contributed by atoms with Gasteiger partial charge >= 0.3 is 11.9 Å². The summed E-state index contributed by atoms with van der Waals surface area (Å²) in [7, 11) is 0. The first-order chi connectivity index (χ1) is 11.8. The maximum Gasteiger partial charge on any atom is 0.350 e. The van der Waals surface area contributed by atoms with Crippen molar-refractivity contribution in [3.8, 4) is 0 Å². The van der Waals surface area contributed by atoms with E-state index in [0.717, 1.165) is 17.5 Å². The van der Waals surface area contributed by atoms with Crippen LogP contribution in [0.25, 0.3) is 0 Å². The fraction of sp³-hybridized carbons (Fsp3) is 0.294. The van der Waals surface area contributed by atoms with Crippen LogP contribution in [-0.2, 0) is 19.1 Å². The second-order valence-electron chi connectivity index (χ2n) is 5.54. The molecular weight excluding hydrogens is 342 g/mol. The number of cyclic esters (lactones) is 2. The Morgan fingerprint density at radius 1 is 1.16 bits per heavy atom. The topological polar surface area (TPSA) is 89.4 Å². The largest absolute Gasteiger partial charge is 0.419 e. The fourth-order valence-corrected chi connectivity index (χ4v) is 2.19. The van der Waals surface area contributed by atoms with Gasteiger partial charge in [0.15, 0.2) is 10.7 Å². The van der Waals surface area contributed by atoms with Crippen LogP contribution in [-0.4, -0.2) is 34.9 Å². The Morgan fingerprint density at radius 2 is 1.76 bits per heavy atom. The lowest BCUT2D eigenvalue weighted by Gasteiger charge is -2.29. The van der Waals surface area contributed by atoms with Gasteiger partial charge in [-0.25, -0.2) is 14.6 Å². The fourth-order valence-electron chi connectivity index (χ4n) is 1.89. The molecule has 0 bridgehead atoms. The predicted octanol–water partition coefficient (Wildman–Crippen LogP) is 2.44. The summed E-state index contributed by atoms with van der Waals surface area (Å²) in [5.41, 5.74) is 4.28. The number of nitrogens with zero attached hydrogens (tertiary/aromatic N) is 2. The van der Waals surface area contributed by atoms with Crippen LogP contribution in [0.3, 0.4) is 0 Å². The molecule has 1 heterocycles. The lowest BCUT2D eigenvalue weighted by Crippen LogP contribution is -2.41. The summed E-state index contributed by atoms with van der Waals surface area (Å²) in [4.78, 5) is 27.8. The van der Waals surface area contributed by atoms with Gasteiger partial charge in [0.25, 0.3) is 5.79 Å². The van der Waals surface area contributed by atoms with Crippen LogP contribution in [0.1, 0.15) is 26.3 Å². The Balaban J connectivity index is 2.12. The molecule has 1 N–H and O–H groups in total. The van der Waals surface area contributed by atoms with E-state index in [1.165, 1.54) is 25.6 Å². The average molecular weight is 361 g/mol. The maximum absolute atomic E-state index is 11.9. The highest BCUT2D eigenvalue weighted by atomic mass is 32.2. The van der Waals surface area contributed by atoms with Crippen LogP contribution in [0, 0.1) is 0 Å². The van der Waals surface area contributed by atoms with E-state index < -0.39 is 17.7 Å². The normalized spacial score (nSPS) is 17.7. The third kappa shape index (κ3) is 5.18. The number of amidine groups is 1. The Hall–Kier alpha value is -2.61. The molecule has 0 spiro atoms. The van der Waals surface area contributed by atoms with Crippen LogP contribution in [0.4, 0.5) is 0 Å². The van der Waals surface area contributed by atoms with Gasteiger partial charge in [-0.3, -0.25) is 5.43 Å². The SMILES string of the molecule is CSC(=NC=C1C(=O)OC(C)(C)OC1=O)N/N=C(\C)c1ccccc1. The average Bonchev–Trinajstić information content (AvgIpc) is 2.56. The first-order valence-electron chi connectivity index (χ1n) is 7.47. The number of aliphatic imine (C=N–C) groups is 1. The van der Waals surface area contributed by atoms with Crippen molar-refractivity contribution >= 4 is 34.6 Å². The lowest BCUT2D eigenvalue weighted by molar-refractivity contribution is -0.222. The molecule has 1 aliphatic heterocycles. The molecule has 0 aliphatic carbocycles. The smallest absolute Gasteiger partial charge is 0.350 e. The van der Waals surface area contributed by atoms with Crippen molar-refractivity contribution in [3.05, 3.63) is 47.7 Å². The summed E-state index contributed by atoms with van der Waals surface area (Å²) in [6, 6.07) is 9.64. The van der Waals surface area contributed by atoms with E-state index in [2.05, 4.69) is 15.5 Å². The summed E-state index contributed by atoms with van der Waals surface area (Å²) >= 11 is 1.28. The molecule has 0 unspecified atom stereocenters. The van der Waals surface area contributed by atoms with E-state index in [1.807, 2.05) is 37.3 Å². The van der Waals surface area contributed by atoms with Crippen molar-refractivity contribution in [1.82, 2.24) is 5.43 Å². The van der Waals surface area contributed by atoms with Gasteiger partial charge in [-0.15, -0.1) is 0 Å². The molecule has 1 fully saturated rings. The number of thioether (sulfide) groups is 1. The summed E-state index contributed by atoms with van der Waals surface area (Å²) in [6.45, 7) is 4.83. The summed E-state index contributed by atoms with van der Waals surface area (Å²) in [5, 5.41) is 4.65. The molecule has 1 aromatic rings. The molecule has 0 amide bonds. The molecule has 0 radical (unpaired) electrons. The molecule has 1 aromatic carbocycles. The van der Waals surface area contributed by atoms with Crippen molar-refractivity contribution in [2.24, 2.45) is 10.1 Å². The number of hydrogen-bond donors (Lipinski definition) is 1. The van der Waals surface area contributed by atoms with E-state index in [1.54, 1.807) is 6.26 Å². The number of hydrazone groups is 1. The van der Waals surface area contributed by atoms with Crippen molar-refractivity contribution in [3.63, 3.8) is 0 Å². The van der Waals surface area contributed by atoms with E-state index >= 15 is 0 Å². The number of ether oxygens (including phenoxy) is 2. The van der Waals surface area contributed by atoms with Crippen molar-refractivity contribution < 1.29 is 19.1 Å². The van der Waals surface area contributed by atoms with Gasteiger partial charge in [-0.05, 0) is 18.7 Å². The predicted molar refractivity (Wildman–Crippen MR) is 97.1 cm³/mol. The van der Waals surface area contributed by atoms with E-state index in [9.17, 15) is 9.59 Å². The Kier molecular flexibility index (Phi) is 5.97. The van der Waals surface area contributed by atoms with Crippen molar-refractivity contribution in [1.29, 1.82) is 0 Å². The molecule has 7 nitrogen and oxygen atoms in total. The number of rotatable bonds is 3. The molecule has 1 saturated heterocycles. The van der Waals surface area contributed by atoms with Crippen LogP contribution in [0.5, 0.6) is 0 Å². The lowest BCUT2D eigenvalue weighted by atomic mass is 10.1. The zero-order valence-corrected chi connectivity index (χ0v) is 15.2. The first-order valence-corrected chi connectivity index (χ1v) is 8.69. The van der Waals surface area contributed by atoms with Gasteiger partial charge in [-0.2, -0.15) is 5.10 Å². The van der Waals surface area contributed by atoms with Gasteiger partial charge in [0.2, 0.25) is 0 Å². The monoisotopic (exact) mass is 361 g/mol. The van der Waals surface area contributed by atoms with Crippen LogP contribution < -0.4 is 5.43 Å². The van der Waals surface area contributed by atoms with Gasteiger partial charge in [0.1, 0.15) is 0 Å². The molecule has 1 aliphatic rings. The van der Waals surface area contributed by atoms with Crippen molar-refractivity contribution in [2.75, 3.05) is 6.26 Å². The number of esters is 2. The van der Waals surface area contributed by atoms with Gasteiger partial charge < -0.3 is 9.47 Å². The number of hydrogen-bond acceptors (Lipinski definition) is 7. The van der Waals surface area contributed by atoms with E-state index in [-0.39, 0.29) is 5.57 Å². The van der Waals surface area contributed by atoms with Gasteiger partial charge in [-0.1, -0.05) is 42.1 Å². The molecule has 132 valence electrons. The van der Waals surface area contributed by atoms with E-state index in [0.29, 0.717) is 5.17 Å². The number of carbonyl (C=O) groups excluding carboxylic acids is 2. The molecule has 0 aromatic heterocycles. The Morgan fingerprint density at radius 3 is 2.32 bits per heavy atom. The van der Waals surface area contributed by atoms with Gasteiger partial charge in [0.05, 0.1) is 11.9 Å². The highest BCUT2D eigenvalue weighted by molar-refractivity contribution is 8.13. The van der Waals surface area contributed by atoms with Crippen LogP contribution in [0.15, 0.2) is 52.2 Å². The maximum atomic E-state index is 11.9. The van der Waals surface area contributed by atoms with Crippen LogP contribution in [0.2, 0.25) is 0 Å². The Bertz CT molecular complexity index is 732. The summed E-state index contributed by atoms with van der Waals surface area (Å²) in [5.74, 6) is -2.81. The van der Waals surface area contributed by atoms with Gasteiger partial charge in [0, 0.05) is 13.8 Å². The molecular formula is C17H19N3O4S. The summed E-state index contributed by atoms with van der Waals surface area (Å²) < 4.78 is 10.0. The molecule has 25 heavy (non-hydrogen) atoms. The number of carbonyl (C=O) groups is 2. The van der Waals surface area contributed by atoms with Crippen molar-refractivity contribution in [2.45, 2.75) is 26.6 Å². The second kappa shape index (κ2) is 7.98. The standard InChI is InChI=1S/C17H19N3O4S/c1-11(12-8-6-5-7-9-12)19-20-16(25-4)18-10-13-14(21)23-17(2,3)24-15(13)22/h5-10H,1-4H3,(H,18,20)/b19-11+. The van der Waals surface area contributed by atoms with Crippen LogP contribution >= 0.6 is 11.8 Å². The minimum atomic E-state index is -1.27. The highest BCUT2D eigenvalue weighted by Crippen LogP contribution is 2.22. The Labute approximate surface area is 150 Å². The minimum absolute atomic E-state index is 0.267. The first kappa shape index (κ1) is 18.7. The number of benzene rings is 1. The highest BCUT2D eigenvalue weighted by Gasteiger charge is 2.38. The zero-order valence-electron chi connectivity index (χ0n) is 14.4.